The van der Waals surface area contributed by atoms with Gasteiger partial charge in [-0.2, -0.15) is 5.10 Å². The first kappa shape index (κ1) is 25.0. The predicted octanol–water partition coefficient (Wildman–Crippen LogP) is 4.86. The van der Waals surface area contributed by atoms with Crippen molar-refractivity contribution < 1.29 is 13.9 Å². The Hall–Kier alpha value is -2.63. The zero-order chi connectivity index (χ0) is 25.3. The average Bonchev–Trinajstić information content (AvgIpc) is 3.50. The van der Waals surface area contributed by atoms with E-state index in [9.17, 15) is 9.18 Å². The highest BCUT2D eigenvalue weighted by Gasteiger charge is 2.30. The molecule has 11 heteroatoms. The van der Waals surface area contributed by atoms with Crippen LogP contribution >= 0.6 is 11.3 Å². The maximum Gasteiger partial charge on any atom is 0.270 e. The SMILES string of the molecule is C[Si](C)(C)CCOCn1cc(N2CCc3nc(-c4ccc(N5CCC[C@@H](F)C5)nc4)sc3C2=O)cn1. The summed E-state index contributed by atoms with van der Waals surface area (Å²) < 4.78 is 21.3. The molecule has 0 spiro atoms. The molecule has 0 N–H and O–H groups in total. The van der Waals surface area contributed by atoms with Crippen LogP contribution in [-0.4, -0.2) is 66.1 Å². The van der Waals surface area contributed by atoms with E-state index in [0.29, 0.717) is 37.5 Å². The highest BCUT2D eigenvalue weighted by molar-refractivity contribution is 7.17. The second kappa shape index (κ2) is 10.4. The van der Waals surface area contributed by atoms with Gasteiger partial charge in [0.25, 0.3) is 5.91 Å². The van der Waals surface area contributed by atoms with Gasteiger partial charge in [-0.1, -0.05) is 19.6 Å². The van der Waals surface area contributed by atoms with Gasteiger partial charge in [0.2, 0.25) is 0 Å². The van der Waals surface area contributed by atoms with Gasteiger partial charge in [-0.05, 0) is 31.0 Å². The highest BCUT2D eigenvalue weighted by Crippen LogP contribution is 2.33. The molecule has 0 unspecified atom stereocenters. The number of carbonyl (C=O) groups is 1. The number of carbonyl (C=O) groups excluding carboxylic acids is 1. The smallest absolute Gasteiger partial charge is 0.270 e. The number of hydrogen-bond acceptors (Lipinski definition) is 7. The molecule has 36 heavy (non-hydrogen) atoms. The lowest BCUT2D eigenvalue weighted by molar-refractivity contribution is 0.0785. The van der Waals surface area contributed by atoms with E-state index in [1.165, 1.54) is 11.3 Å². The molecular weight excluding hydrogens is 495 g/mol. The molecule has 1 saturated heterocycles. The van der Waals surface area contributed by atoms with E-state index < -0.39 is 14.2 Å². The van der Waals surface area contributed by atoms with Crippen LogP contribution in [0.2, 0.25) is 25.7 Å². The van der Waals surface area contributed by atoms with Crippen LogP contribution < -0.4 is 9.80 Å². The maximum atomic E-state index is 13.8. The van der Waals surface area contributed by atoms with Crippen LogP contribution in [0.1, 0.15) is 28.2 Å². The Bertz CT molecular complexity index is 1210. The van der Waals surface area contributed by atoms with E-state index in [0.717, 1.165) is 53.4 Å². The number of thiazole rings is 1. The fourth-order valence-corrected chi connectivity index (χ4v) is 6.24. The van der Waals surface area contributed by atoms with Crippen molar-refractivity contribution in [1.82, 2.24) is 19.7 Å². The minimum Gasteiger partial charge on any atom is -0.360 e. The molecule has 2 aliphatic heterocycles. The molecule has 0 aromatic carbocycles. The Morgan fingerprint density at radius 1 is 1.22 bits per heavy atom. The zero-order valence-corrected chi connectivity index (χ0v) is 22.9. The quantitative estimate of drug-likeness (QED) is 0.307. The van der Waals surface area contributed by atoms with E-state index in [4.69, 9.17) is 9.72 Å². The Labute approximate surface area is 216 Å². The Balaban J connectivity index is 1.24. The molecule has 1 amide bonds. The number of aromatic nitrogens is 4. The van der Waals surface area contributed by atoms with E-state index >= 15 is 0 Å². The summed E-state index contributed by atoms with van der Waals surface area (Å²) in [6.45, 7) is 9.87. The molecule has 8 nitrogen and oxygen atoms in total. The molecule has 0 saturated carbocycles. The van der Waals surface area contributed by atoms with Crippen molar-refractivity contribution in [3.8, 4) is 10.6 Å². The van der Waals surface area contributed by atoms with Crippen molar-refractivity contribution in [2.45, 2.75) is 57.9 Å². The predicted molar refractivity (Wildman–Crippen MR) is 143 cm³/mol. The normalized spacial score (nSPS) is 18.6. The fraction of sp³-hybridized carbons (Fsp3) is 0.520. The van der Waals surface area contributed by atoms with Crippen molar-refractivity contribution in [2.75, 3.05) is 36.0 Å². The minimum absolute atomic E-state index is 0.0499. The number of alkyl halides is 1. The zero-order valence-electron chi connectivity index (χ0n) is 21.1. The third kappa shape index (κ3) is 5.68. The summed E-state index contributed by atoms with van der Waals surface area (Å²) >= 11 is 1.40. The fourth-order valence-electron chi connectivity index (χ4n) is 4.43. The number of ether oxygens (including phenoxy) is 1. The first-order valence-electron chi connectivity index (χ1n) is 12.5. The Kier molecular flexibility index (Phi) is 7.22. The van der Waals surface area contributed by atoms with Gasteiger partial charge >= 0.3 is 0 Å². The number of anilines is 2. The molecular formula is C25H33FN6O2SSi. The van der Waals surface area contributed by atoms with Crippen LogP contribution in [0.4, 0.5) is 15.9 Å². The summed E-state index contributed by atoms with van der Waals surface area (Å²) in [5.74, 6) is 0.734. The number of hydrogen-bond donors (Lipinski definition) is 0. The van der Waals surface area contributed by atoms with Crippen LogP contribution in [0.25, 0.3) is 10.6 Å². The van der Waals surface area contributed by atoms with Gasteiger partial charge in [-0.25, -0.2) is 19.0 Å². The molecule has 0 aliphatic carbocycles. The number of nitrogens with zero attached hydrogens (tertiary/aromatic N) is 6. The third-order valence-corrected chi connectivity index (χ3v) is 9.38. The first-order chi connectivity index (χ1) is 17.3. The van der Waals surface area contributed by atoms with E-state index in [-0.39, 0.29) is 5.91 Å². The van der Waals surface area contributed by atoms with Crippen molar-refractivity contribution in [1.29, 1.82) is 0 Å². The van der Waals surface area contributed by atoms with E-state index in [1.54, 1.807) is 22.0 Å². The van der Waals surface area contributed by atoms with Gasteiger partial charge in [-0.15, -0.1) is 11.3 Å². The Morgan fingerprint density at radius 3 is 2.83 bits per heavy atom. The maximum absolute atomic E-state index is 13.8. The summed E-state index contributed by atoms with van der Waals surface area (Å²) in [6, 6.07) is 4.99. The molecule has 5 heterocycles. The van der Waals surface area contributed by atoms with Crippen LogP contribution in [0.5, 0.6) is 0 Å². The second-order valence-corrected chi connectivity index (χ2v) is 17.3. The topological polar surface area (TPSA) is 76.4 Å². The van der Waals surface area contributed by atoms with Crippen molar-refractivity contribution >= 4 is 36.8 Å². The van der Waals surface area contributed by atoms with Crippen LogP contribution in [0.3, 0.4) is 0 Å². The molecule has 1 atom stereocenters. The molecule has 0 radical (unpaired) electrons. The van der Waals surface area contributed by atoms with Gasteiger partial charge < -0.3 is 14.5 Å². The van der Waals surface area contributed by atoms with Gasteiger partial charge in [-0.3, -0.25) is 4.79 Å². The van der Waals surface area contributed by atoms with E-state index in [2.05, 4.69) is 29.7 Å². The minimum atomic E-state index is -1.13. The average molecular weight is 529 g/mol. The van der Waals surface area contributed by atoms with Gasteiger partial charge in [0.05, 0.1) is 30.3 Å². The lowest BCUT2D eigenvalue weighted by Gasteiger charge is -2.29. The van der Waals surface area contributed by atoms with Gasteiger partial charge in [0, 0.05) is 46.0 Å². The lowest BCUT2D eigenvalue weighted by atomic mass is 10.1. The monoisotopic (exact) mass is 528 g/mol. The molecule has 2 aliphatic rings. The summed E-state index contributed by atoms with van der Waals surface area (Å²) in [6.07, 6.45) is 6.71. The van der Waals surface area contributed by atoms with Crippen LogP contribution in [0, 0.1) is 0 Å². The molecule has 3 aromatic heterocycles. The number of piperidine rings is 1. The van der Waals surface area contributed by atoms with Gasteiger partial charge in [0.1, 0.15) is 28.6 Å². The first-order valence-corrected chi connectivity index (χ1v) is 17.1. The number of fused-ring (bicyclic) bond motifs is 1. The summed E-state index contributed by atoms with van der Waals surface area (Å²) in [5, 5.41) is 5.16. The summed E-state index contributed by atoms with van der Waals surface area (Å²) in [4.78, 5) is 27.0. The number of rotatable bonds is 8. The van der Waals surface area contributed by atoms with Crippen molar-refractivity contribution in [2.24, 2.45) is 0 Å². The molecule has 3 aromatic rings. The molecule has 0 bridgehead atoms. The van der Waals surface area contributed by atoms with Crippen LogP contribution in [0.15, 0.2) is 30.7 Å². The van der Waals surface area contributed by atoms with Crippen molar-refractivity contribution in [3.05, 3.63) is 41.3 Å². The lowest BCUT2D eigenvalue weighted by Crippen LogP contribution is -2.36. The summed E-state index contributed by atoms with van der Waals surface area (Å²) in [7, 11) is -1.13. The largest absolute Gasteiger partial charge is 0.360 e. The second-order valence-electron chi connectivity index (χ2n) is 10.7. The number of pyridine rings is 1. The standard InChI is InChI=1S/C25H33FN6O2SSi/c1-36(2,3)12-11-34-17-31-16-20(14-28-31)32-10-8-21-23(25(32)33)35-24(29-21)18-6-7-22(27-13-18)30-9-4-5-19(26)15-30/h6-7,13-14,16,19H,4-5,8-12,15,17H2,1-3H3/t19-/m1/s1. The van der Waals surface area contributed by atoms with Gasteiger partial charge in [0.15, 0.2) is 0 Å². The molecule has 1 fully saturated rings. The number of halogens is 1. The number of amides is 1. The molecule has 192 valence electrons. The Morgan fingerprint density at radius 2 is 2.08 bits per heavy atom. The van der Waals surface area contributed by atoms with Crippen LogP contribution in [-0.2, 0) is 17.9 Å². The highest BCUT2D eigenvalue weighted by atomic mass is 32.1. The van der Waals surface area contributed by atoms with E-state index in [1.807, 2.05) is 23.2 Å². The summed E-state index contributed by atoms with van der Waals surface area (Å²) in [5.41, 5.74) is 2.47. The molecule has 5 rings (SSSR count). The third-order valence-electron chi connectivity index (χ3n) is 6.54. The van der Waals surface area contributed by atoms with Crippen molar-refractivity contribution in [3.63, 3.8) is 0 Å².